The lowest BCUT2D eigenvalue weighted by Gasteiger charge is -2.26. The summed E-state index contributed by atoms with van der Waals surface area (Å²) in [6, 6.07) is 8.51. The summed E-state index contributed by atoms with van der Waals surface area (Å²) in [5.41, 5.74) is 2.22. The quantitative estimate of drug-likeness (QED) is 0.727. The summed E-state index contributed by atoms with van der Waals surface area (Å²) >= 11 is 3.41. The van der Waals surface area contributed by atoms with E-state index in [-0.39, 0.29) is 0 Å². The molecule has 1 N–H and O–H groups in total. The average Bonchev–Trinajstić information content (AvgIpc) is 2.61. The fourth-order valence-corrected chi connectivity index (χ4v) is 3.04. The van der Waals surface area contributed by atoms with Crippen LogP contribution in [0.2, 0.25) is 0 Å². The van der Waals surface area contributed by atoms with Crippen LogP contribution in [0.4, 0.5) is 5.95 Å². The van der Waals surface area contributed by atoms with Crippen molar-refractivity contribution in [2.45, 2.75) is 52.5 Å². The number of nitrogens with one attached hydrogen (secondary N) is 1. The molecule has 2 aromatic rings. The largest absolute Gasteiger partial charge is 0.497 e. The molecule has 0 spiro atoms. The van der Waals surface area contributed by atoms with E-state index in [9.17, 15) is 0 Å². The van der Waals surface area contributed by atoms with Gasteiger partial charge in [-0.3, -0.25) is 0 Å². The second-order valence-electron chi connectivity index (χ2n) is 6.75. The monoisotopic (exact) mass is 405 g/mol. The fourth-order valence-electron chi connectivity index (χ4n) is 2.85. The van der Waals surface area contributed by atoms with Gasteiger partial charge in [0, 0.05) is 12.2 Å². The predicted molar refractivity (Wildman–Crippen MR) is 107 cm³/mol. The van der Waals surface area contributed by atoms with Crippen LogP contribution in [0, 0.1) is 19.8 Å². The van der Waals surface area contributed by atoms with Crippen molar-refractivity contribution in [2.75, 3.05) is 12.4 Å². The number of rotatable bonds is 3. The van der Waals surface area contributed by atoms with E-state index < -0.39 is 0 Å². The van der Waals surface area contributed by atoms with E-state index in [0.717, 1.165) is 27.8 Å². The molecule has 1 saturated carbocycles. The van der Waals surface area contributed by atoms with E-state index >= 15 is 0 Å². The molecular formula is C20H28BrN3O. The first kappa shape index (κ1) is 19.7. The van der Waals surface area contributed by atoms with Gasteiger partial charge in [0.15, 0.2) is 0 Å². The van der Waals surface area contributed by atoms with Gasteiger partial charge in [0.05, 0.1) is 17.3 Å². The highest BCUT2D eigenvalue weighted by Crippen LogP contribution is 2.25. The molecule has 0 unspecified atom stereocenters. The van der Waals surface area contributed by atoms with Crippen LogP contribution in [0.1, 0.15) is 43.9 Å². The zero-order valence-electron chi connectivity index (χ0n) is 15.6. The zero-order chi connectivity index (χ0) is 18.2. The van der Waals surface area contributed by atoms with E-state index in [2.05, 4.69) is 38.1 Å². The number of anilines is 1. The van der Waals surface area contributed by atoms with Gasteiger partial charge in [0.2, 0.25) is 5.95 Å². The summed E-state index contributed by atoms with van der Waals surface area (Å²) in [6.07, 6.45) is 6.91. The van der Waals surface area contributed by atoms with Crippen molar-refractivity contribution >= 4 is 21.9 Å². The normalized spacial score (nSPS) is 19.6. The first-order chi connectivity index (χ1) is 12.0. The second-order valence-corrected chi connectivity index (χ2v) is 7.60. The van der Waals surface area contributed by atoms with Gasteiger partial charge in [-0.25, -0.2) is 9.97 Å². The van der Waals surface area contributed by atoms with Gasteiger partial charge >= 0.3 is 0 Å². The Balaban J connectivity index is 0.000000212. The molecule has 0 saturated heterocycles. The molecule has 1 aliphatic rings. The zero-order valence-corrected chi connectivity index (χ0v) is 17.1. The molecule has 25 heavy (non-hydrogen) atoms. The van der Waals surface area contributed by atoms with Crippen molar-refractivity contribution < 1.29 is 4.74 Å². The van der Waals surface area contributed by atoms with Crippen LogP contribution in [0.15, 0.2) is 34.9 Å². The molecule has 3 rings (SSSR count). The number of aromatic nitrogens is 2. The minimum Gasteiger partial charge on any atom is -0.497 e. The second kappa shape index (κ2) is 9.76. The van der Waals surface area contributed by atoms with Crippen LogP contribution in [-0.4, -0.2) is 23.1 Å². The number of hydrogen-bond donors (Lipinski definition) is 1. The third-order valence-corrected chi connectivity index (χ3v) is 5.27. The molecule has 1 aromatic carbocycles. The van der Waals surface area contributed by atoms with Crippen molar-refractivity contribution in [1.82, 2.24) is 9.97 Å². The van der Waals surface area contributed by atoms with Crippen molar-refractivity contribution in [1.29, 1.82) is 0 Å². The Morgan fingerprint density at radius 2 is 1.88 bits per heavy atom. The third kappa shape index (κ3) is 6.65. The smallest absolute Gasteiger partial charge is 0.223 e. The van der Waals surface area contributed by atoms with Crippen molar-refractivity contribution in [3.63, 3.8) is 0 Å². The first-order valence-electron chi connectivity index (χ1n) is 8.84. The maximum atomic E-state index is 5.00. The summed E-state index contributed by atoms with van der Waals surface area (Å²) in [5, 5.41) is 3.43. The van der Waals surface area contributed by atoms with Crippen LogP contribution in [0.25, 0.3) is 0 Å². The molecule has 1 aliphatic carbocycles. The number of benzene rings is 1. The number of halogens is 1. The van der Waals surface area contributed by atoms with E-state index in [0.29, 0.717) is 6.04 Å². The van der Waals surface area contributed by atoms with Crippen molar-refractivity contribution in [3.05, 3.63) is 46.2 Å². The maximum absolute atomic E-state index is 5.00. The molecule has 0 radical (unpaired) electrons. The van der Waals surface area contributed by atoms with Gasteiger partial charge < -0.3 is 10.1 Å². The first-order valence-corrected chi connectivity index (χ1v) is 9.63. The van der Waals surface area contributed by atoms with Crippen LogP contribution >= 0.6 is 15.9 Å². The lowest BCUT2D eigenvalue weighted by atomic mass is 9.87. The minimum absolute atomic E-state index is 0.553. The third-order valence-electron chi connectivity index (χ3n) is 4.49. The Hall–Kier alpha value is -1.62. The van der Waals surface area contributed by atoms with Gasteiger partial charge in [0.25, 0.3) is 0 Å². The number of aryl methyl sites for hydroxylation is 2. The van der Waals surface area contributed by atoms with Gasteiger partial charge in [-0.05, 0) is 79.1 Å². The molecule has 0 aliphatic heterocycles. The standard InChI is InChI=1S/C12H18BrN3.C8H10O/c1-8-3-5-10(6-4-8)16-12-14-7-11(13)9(2)15-12;1-7-4-3-5-8(6-7)9-2/h7-8,10H,3-6H2,1-2H3,(H,14,15,16);3-6H,1-2H3. The number of hydrogen-bond acceptors (Lipinski definition) is 4. The lowest BCUT2D eigenvalue weighted by molar-refractivity contribution is 0.360. The van der Waals surface area contributed by atoms with Gasteiger partial charge in [0.1, 0.15) is 5.75 Å². The van der Waals surface area contributed by atoms with Crippen LogP contribution in [0.5, 0.6) is 5.75 Å². The minimum atomic E-state index is 0.553. The molecule has 5 heteroatoms. The highest BCUT2D eigenvalue weighted by atomic mass is 79.9. The maximum Gasteiger partial charge on any atom is 0.223 e. The summed E-state index contributed by atoms with van der Waals surface area (Å²) in [7, 11) is 1.68. The summed E-state index contributed by atoms with van der Waals surface area (Å²) in [4.78, 5) is 8.70. The Morgan fingerprint density at radius 3 is 2.44 bits per heavy atom. The van der Waals surface area contributed by atoms with Crippen LogP contribution in [-0.2, 0) is 0 Å². The fraction of sp³-hybridized carbons (Fsp3) is 0.500. The molecule has 1 aromatic heterocycles. The predicted octanol–water partition coefficient (Wildman–Crippen LogP) is 5.54. The summed E-state index contributed by atoms with van der Waals surface area (Å²) in [6.45, 7) is 6.36. The van der Waals surface area contributed by atoms with E-state index in [1.165, 1.54) is 31.2 Å². The lowest BCUT2D eigenvalue weighted by Crippen LogP contribution is -2.26. The SMILES string of the molecule is COc1cccc(C)c1.Cc1nc(NC2CCC(C)CC2)ncc1Br. The average molecular weight is 406 g/mol. The highest BCUT2D eigenvalue weighted by Gasteiger charge is 2.18. The molecule has 0 atom stereocenters. The van der Waals surface area contributed by atoms with Crippen LogP contribution in [0.3, 0.4) is 0 Å². The molecule has 0 bridgehead atoms. The molecule has 1 fully saturated rings. The van der Waals surface area contributed by atoms with Gasteiger partial charge in [-0.2, -0.15) is 0 Å². The highest BCUT2D eigenvalue weighted by molar-refractivity contribution is 9.10. The Labute approximate surface area is 159 Å². The number of methoxy groups -OCH3 is 1. The van der Waals surface area contributed by atoms with Crippen LogP contribution < -0.4 is 10.1 Å². The van der Waals surface area contributed by atoms with E-state index in [4.69, 9.17) is 4.74 Å². The molecule has 0 amide bonds. The molecule has 136 valence electrons. The molecular weight excluding hydrogens is 378 g/mol. The van der Waals surface area contributed by atoms with Crippen molar-refractivity contribution in [3.8, 4) is 5.75 Å². The number of ether oxygens (including phenoxy) is 1. The van der Waals surface area contributed by atoms with Crippen molar-refractivity contribution in [2.24, 2.45) is 5.92 Å². The Kier molecular flexibility index (Phi) is 7.69. The number of nitrogens with zero attached hydrogens (tertiary/aromatic N) is 2. The summed E-state index contributed by atoms with van der Waals surface area (Å²) in [5.74, 6) is 2.57. The van der Waals surface area contributed by atoms with E-state index in [1.807, 2.05) is 44.3 Å². The van der Waals surface area contributed by atoms with Gasteiger partial charge in [-0.1, -0.05) is 19.1 Å². The topological polar surface area (TPSA) is 47.0 Å². The molecule has 1 heterocycles. The van der Waals surface area contributed by atoms with Gasteiger partial charge in [-0.15, -0.1) is 0 Å². The summed E-state index contributed by atoms with van der Waals surface area (Å²) < 4.78 is 5.96. The van der Waals surface area contributed by atoms with E-state index in [1.54, 1.807) is 7.11 Å². The molecule has 4 nitrogen and oxygen atoms in total. The Bertz CT molecular complexity index is 670. The Morgan fingerprint density at radius 1 is 1.16 bits per heavy atom.